The molecule has 0 unspecified atom stereocenters. The van der Waals surface area contributed by atoms with E-state index < -0.39 is 0 Å². The van der Waals surface area contributed by atoms with Gasteiger partial charge in [-0.15, -0.1) is 0 Å². The SMILES string of the molecule is CC.CC.COOc1ccc(NC(=O)Cc2cc(C(C)(C)C)c(O)c(C(C)(C)C)c2)cc1. The van der Waals surface area contributed by atoms with Crippen LogP contribution in [0, 0.1) is 0 Å². The lowest BCUT2D eigenvalue weighted by Gasteiger charge is -2.28. The van der Waals surface area contributed by atoms with Crippen molar-refractivity contribution in [1.82, 2.24) is 0 Å². The van der Waals surface area contributed by atoms with Crippen molar-refractivity contribution in [2.75, 3.05) is 12.4 Å². The molecule has 0 fully saturated rings. The van der Waals surface area contributed by atoms with Crippen molar-refractivity contribution in [3.05, 3.63) is 53.1 Å². The number of aromatic hydroxyl groups is 1. The summed E-state index contributed by atoms with van der Waals surface area (Å²) < 4.78 is 0. The summed E-state index contributed by atoms with van der Waals surface area (Å²) in [6.45, 7) is 20.3. The van der Waals surface area contributed by atoms with E-state index in [1.165, 1.54) is 7.11 Å². The molecule has 2 rings (SSSR count). The molecule has 0 aliphatic heterocycles. The number of phenols is 1. The Morgan fingerprint density at radius 1 is 0.875 bits per heavy atom. The van der Waals surface area contributed by atoms with Gasteiger partial charge in [0.25, 0.3) is 0 Å². The third-order valence-electron chi connectivity index (χ3n) is 4.47. The third kappa shape index (κ3) is 8.91. The van der Waals surface area contributed by atoms with Crippen LogP contribution in [0.3, 0.4) is 0 Å². The van der Waals surface area contributed by atoms with Crippen LogP contribution in [0.5, 0.6) is 11.5 Å². The molecule has 5 heteroatoms. The van der Waals surface area contributed by atoms with Crippen LogP contribution in [0.1, 0.15) is 85.9 Å². The van der Waals surface area contributed by atoms with Gasteiger partial charge in [0.2, 0.25) is 5.91 Å². The molecule has 1 amide bonds. The molecule has 0 spiro atoms. The molecule has 0 saturated carbocycles. The summed E-state index contributed by atoms with van der Waals surface area (Å²) in [5.41, 5.74) is 2.80. The van der Waals surface area contributed by atoms with Gasteiger partial charge in [0.1, 0.15) is 5.75 Å². The Kier molecular flexibility index (Phi) is 12.1. The summed E-state index contributed by atoms with van der Waals surface area (Å²) >= 11 is 0. The monoisotopic (exact) mass is 445 g/mol. The Labute approximate surface area is 195 Å². The number of carbonyl (C=O) groups excluding carboxylic acids is 1. The van der Waals surface area contributed by atoms with Gasteiger partial charge in [0, 0.05) is 5.69 Å². The average Bonchev–Trinajstić information content (AvgIpc) is 2.72. The molecule has 180 valence electrons. The minimum Gasteiger partial charge on any atom is -0.507 e. The van der Waals surface area contributed by atoms with E-state index in [1.807, 2.05) is 39.8 Å². The highest BCUT2D eigenvalue weighted by molar-refractivity contribution is 5.92. The zero-order chi connectivity index (χ0) is 25.1. The third-order valence-corrected chi connectivity index (χ3v) is 4.47. The summed E-state index contributed by atoms with van der Waals surface area (Å²) in [6, 6.07) is 10.8. The molecule has 0 radical (unpaired) electrons. The van der Waals surface area contributed by atoms with Gasteiger partial charge in [-0.2, -0.15) is 4.89 Å². The number of hydrogen-bond donors (Lipinski definition) is 2. The number of rotatable bonds is 5. The van der Waals surface area contributed by atoms with Gasteiger partial charge in [0.05, 0.1) is 13.5 Å². The summed E-state index contributed by atoms with van der Waals surface area (Å²) in [6.07, 6.45) is 0.225. The molecule has 0 heterocycles. The minimum atomic E-state index is -0.228. The number of carbonyl (C=O) groups is 1. The normalized spacial score (nSPS) is 10.8. The van der Waals surface area contributed by atoms with E-state index in [4.69, 9.17) is 4.89 Å². The fraction of sp³-hybridized carbons (Fsp3) is 0.519. The summed E-state index contributed by atoms with van der Waals surface area (Å²) in [4.78, 5) is 22.1. The van der Waals surface area contributed by atoms with Crippen molar-refractivity contribution in [3.8, 4) is 11.5 Å². The van der Waals surface area contributed by atoms with Crippen molar-refractivity contribution in [3.63, 3.8) is 0 Å². The molecule has 32 heavy (non-hydrogen) atoms. The van der Waals surface area contributed by atoms with Crippen LogP contribution in [-0.4, -0.2) is 18.1 Å². The Hall–Kier alpha value is -2.53. The number of hydrogen-bond acceptors (Lipinski definition) is 4. The summed E-state index contributed by atoms with van der Waals surface area (Å²) in [5, 5.41) is 13.7. The molecule has 2 N–H and O–H groups in total. The molecule has 0 saturated heterocycles. The molecule has 0 aliphatic rings. The molecule has 2 aromatic rings. The second-order valence-electron chi connectivity index (χ2n) is 9.04. The van der Waals surface area contributed by atoms with Gasteiger partial charge >= 0.3 is 0 Å². The number of nitrogens with one attached hydrogen (secondary N) is 1. The minimum absolute atomic E-state index is 0.120. The van der Waals surface area contributed by atoms with E-state index in [-0.39, 0.29) is 23.2 Å². The van der Waals surface area contributed by atoms with Crippen molar-refractivity contribution in [2.24, 2.45) is 0 Å². The topological polar surface area (TPSA) is 67.8 Å². The predicted octanol–water partition coefficient (Wildman–Crippen LogP) is 7.16. The van der Waals surface area contributed by atoms with Gasteiger partial charge in [0.15, 0.2) is 5.75 Å². The van der Waals surface area contributed by atoms with E-state index in [1.54, 1.807) is 24.3 Å². The highest BCUT2D eigenvalue weighted by Gasteiger charge is 2.26. The first-order chi connectivity index (χ1) is 14.9. The molecule has 2 aromatic carbocycles. The maximum atomic E-state index is 12.6. The van der Waals surface area contributed by atoms with E-state index >= 15 is 0 Å². The van der Waals surface area contributed by atoms with Gasteiger partial charge < -0.3 is 15.3 Å². The van der Waals surface area contributed by atoms with Crippen LogP contribution in [0.15, 0.2) is 36.4 Å². The molecule has 0 aliphatic carbocycles. The molecular formula is C27H43NO4. The quantitative estimate of drug-likeness (QED) is 0.378. The molecule has 5 nitrogen and oxygen atoms in total. The van der Waals surface area contributed by atoms with E-state index in [9.17, 15) is 9.90 Å². The second kappa shape index (κ2) is 13.1. The fourth-order valence-corrected chi connectivity index (χ4v) is 3.02. The van der Waals surface area contributed by atoms with Gasteiger partial charge in [-0.25, -0.2) is 0 Å². The zero-order valence-electron chi connectivity index (χ0n) is 21.8. The van der Waals surface area contributed by atoms with Crippen LogP contribution in [0.2, 0.25) is 0 Å². The van der Waals surface area contributed by atoms with Crippen LogP contribution in [0.4, 0.5) is 5.69 Å². The van der Waals surface area contributed by atoms with E-state index in [0.717, 1.165) is 16.7 Å². The lowest BCUT2D eigenvalue weighted by molar-refractivity contribution is -0.178. The molecule has 0 aromatic heterocycles. The van der Waals surface area contributed by atoms with E-state index in [2.05, 4.69) is 51.7 Å². The molecule has 0 atom stereocenters. The Balaban J connectivity index is 0.00000227. The number of amides is 1. The highest BCUT2D eigenvalue weighted by atomic mass is 17.2. The summed E-state index contributed by atoms with van der Waals surface area (Å²) in [7, 11) is 1.44. The Morgan fingerprint density at radius 2 is 1.31 bits per heavy atom. The second-order valence-corrected chi connectivity index (χ2v) is 9.04. The van der Waals surface area contributed by atoms with Crippen LogP contribution in [-0.2, 0) is 26.9 Å². The van der Waals surface area contributed by atoms with Crippen molar-refractivity contribution in [1.29, 1.82) is 0 Å². The maximum absolute atomic E-state index is 12.6. The van der Waals surface area contributed by atoms with Crippen molar-refractivity contribution >= 4 is 11.6 Å². The zero-order valence-corrected chi connectivity index (χ0v) is 21.8. The van der Waals surface area contributed by atoms with Crippen LogP contribution < -0.4 is 10.2 Å². The largest absolute Gasteiger partial charge is 0.507 e. The van der Waals surface area contributed by atoms with Gasteiger partial charge in [-0.1, -0.05) is 81.4 Å². The lowest BCUT2D eigenvalue weighted by Crippen LogP contribution is -2.20. The van der Waals surface area contributed by atoms with Crippen LogP contribution in [0.25, 0.3) is 0 Å². The average molecular weight is 446 g/mol. The van der Waals surface area contributed by atoms with E-state index in [0.29, 0.717) is 17.2 Å². The number of anilines is 1. The van der Waals surface area contributed by atoms with Crippen molar-refractivity contribution in [2.45, 2.75) is 86.5 Å². The van der Waals surface area contributed by atoms with Crippen molar-refractivity contribution < 1.29 is 19.7 Å². The first-order valence-corrected chi connectivity index (χ1v) is 11.4. The Bertz CT molecular complexity index is 793. The number of phenolic OH excluding ortho intramolecular Hbond substituents is 1. The fourth-order valence-electron chi connectivity index (χ4n) is 3.02. The first-order valence-electron chi connectivity index (χ1n) is 11.4. The van der Waals surface area contributed by atoms with Gasteiger partial charge in [-0.05, 0) is 51.8 Å². The Morgan fingerprint density at radius 3 is 1.69 bits per heavy atom. The molecule has 0 bridgehead atoms. The molecular weight excluding hydrogens is 402 g/mol. The van der Waals surface area contributed by atoms with Crippen LogP contribution >= 0.6 is 0 Å². The lowest BCUT2D eigenvalue weighted by atomic mass is 9.78. The van der Waals surface area contributed by atoms with Gasteiger partial charge in [-0.3, -0.25) is 4.79 Å². The number of benzene rings is 2. The summed E-state index contributed by atoms with van der Waals surface area (Å²) in [5.74, 6) is 0.757. The smallest absolute Gasteiger partial charge is 0.228 e. The predicted molar refractivity (Wildman–Crippen MR) is 135 cm³/mol. The maximum Gasteiger partial charge on any atom is 0.228 e. The standard InChI is InChI=1S/C23H31NO4.2C2H6/c1-22(2,3)18-12-15(13-19(21(18)26)23(4,5)6)14-20(25)24-16-8-10-17(11-9-16)28-27-7;2*1-2/h8-13,26H,14H2,1-7H3,(H,24,25);2*1-2H3. The highest BCUT2D eigenvalue weighted by Crippen LogP contribution is 2.39. The first kappa shape index (κ1) is 29.5.